The molecule has 0 heterocycles. The van der Waals surface area contributed by atoms with Crippen LogP contribution in [0, 0.1) is 0 Å². The van der Waals surface area contributed by atoms with E-state index < -0.39 is 0 Å². The molecule has 2 aromatic rings. The fraction of sp³-hybridized carbons (Fsp3) is 0.480. The van der Waals surface area contributed by atoms with Gasteiger partial charge in [-0.15, -0.1) is 0 Å². The van der Waals surface area contributed by atoms with E-state index in [4.69, 9.17) is 9.47 Å². The molecule has 0 atom stereocenters. The number of unbranched alkanes of at least 4 members (excludes halogenated alkanes) is 6. The highest BCUT2D eigenvalue weighted by molar-refractivity contribution is 9.10. The summed E-state index contributed by atoms with van der Waals surface area (Å²) in [6, 6.07) is 13.0. The van der Waals surface area contributed by atoms with E-state index in [2.05, 4.69) is 29.8 Å². The van der Waals surface area contributed by atoms with E-state index in [9.17, 15) is 4.79 Å². The summed E-state index contributed by atoms with van der Waals surface area (Å²) in [4.78, 5) is 13.0. The van der Waals surface area contributed by atoms with E-state index in [1.54, 1.807) is 0 Å². The van der Waals surface area contributed by atoms with Crippen molar-refractivity contribution in [1.29, 1.82) is 0 Å². The Morgan fingerprint density at radius 3 is 2.03 bits per heavy atom. The standard InChI is InChI=1S/C25H33BrO3/c1-3-5-7-11-17-28-23-16-15-20(19-24(23)29-18-12-8-6-4-2)25(27)21-13-9-10-14-22(21)26/h9-10,13-16,19H,3-8,11-12,17-18H2,1-2H3. The van der Waals surface area contributed by atoms with Gasteiger partial charge in [0.1, 0.15) is 0 Å². The maximum atomic E-state index is 13.0. The van der Waals surface area contributed by atoms with E-state index in [0.29, 0.717) is 30.1 Å². The second kappa shape index (κ2) is 13.4. The first-order valence-electron chi connectivity index (χ1n) is 10.9. The van der Waals surface area contributed by atoms with E-state index in [1.165, 1.54) is 32.1 Å². The molecule has 0 saturated carbocycles. The number of rotatable bonds is 14. The first kappa shape index (κ1) is 23.5. The van der Waals surface area contributed by atoms with Crippen molar-refractivity contribution >= 4 is 21.7 Å². The quantitative estimate of drug-likeness (QED) is 0.215. The molecule has 29 heavy (non-hydrogen) atoms. The van der Waals surface area contributed by atoms with E-state index >= 15 is 0 Å². The third-order valence-corrected chi connectivity index (χ3v) is 5.53. The first-order valence-corrected chi connectivity index (χ1v) is 11.7. The lowest BCUT2D eigenvalue weighted by atomic mass is 10.0. The molecule has 2 rings (SSSR count). The number of carbonyl (C=O) groups excluding carboxylic acids is 1. The number of hydrogen-bond donors (Lipinski definition) is 0. The summed E-state index contributed by atoms with van der Waals surface area (Å²) in [5.41, 5.74) is 1.26. The Hall–Kier alpha value is -1.81. The second-order valence-electron chi connectivity index (χ2n) is 7.29. The van der Waals surface area contributed by atoms with Gasteiger partial charge in [-0.1, -0.05) is 80.4 Å². The summed E-state index contributed by atoms with van der Waals surface area (Å²) in [5.74, 6) is 1.36. The Balaban J connectivity index is 2.11. The van der Waals surface area contributed by atoms with Crippen molar-refractivity contribution in [3.05, 3.63) is 58.1 Å². The highest BCUT2D eigenvalue weighted by atomic mass is 79.9. The molecule has 0 radical (unpaired) electrons. The lowest BCUT2D eigenvalue weighted by molar-refractivity contribution is 0.103. The lowest BCUT2D eigenvalue weighted by Gasteiger charge is -2.14. The monoisotopic (exact) mass is 460 g/mol. The SMILES string of the molecule is CCCCCCOc1ccc(C(=O)c2ccccc2Br)cc1OCCCCCC. The summed E-state index contributed by atoms with van der Waals surface area (Å²) >= 11 is 3.47. The fourth-order valence-electron chi connectivity index (χ4n) is 3.10. The van der Waals surface area contributed by atoms with Crippen LogP contribution in [-0.4, -0.2) is 19.0 Å². The highest BCUT2D eigenvalue weighted by Gasteiger charge is 2.15. The smallest absolute Gasteiger partial charge is 0.194 e. The molecule has 2 aromatic carbocycles. The molecule has 4 heteroatoms. The normalized spacial score (nSPS) is 10.7. The molecular weight excluding hydrogens is 428 g/mol. The van der Waals surface area contributed by atoms with Crippen molar-refractivity contribution in [1.82, 2.24) is 0 Å². The van der Waals surface area contributed by atoms with Crippen LogP contribution in [0.2, 0.25) is 0 Å². The first-order chi connectivity index (χ1) is 14.2. The zero-order chi connectivity index (χ0) is 20.9. The minimum atomic E-state index is -0.0252. The third-order valence-electron chi connectivity index (χ3n) is 4.84. The van der Waals surface area contributed by atoms with E-state index in [0.717, 1.165) is 29.5 Å². The minimum Gasteiger partial charge on any atom is -0.490 e. The number of carbonyl (C=O) groups is 1. The van der Waals surface area contributed by atoms with Crippen LogP contribution in [0.5, 0.6) is 11.5 Å². The number of benzene rings is 2. The molecule has 0 spiro atoms. The predicted octanol–water partition coefficient (Wildman–Crippen LogP) is 7.60. The summed E-state index contributed by atoms with van der Waals surface area (Å²) in [5, 5.41) is 0. The van der Waals surface area contributed by atoms with Crippen LogP contribution in [0.4, 0.5) is 0 Å². The van der Waals surface area contributed by atoms with Crippen LogP contribution >= 0.6 is 15.9 Å². The topological polar surface area (TPSA) is 35.5 Å². The van der Waals surface area contributed by atoms with Gasteiger partial charge in [-0.2, -0.15) is 0 Å². The number of hydrogen-bond acceptors (Lipinski definition) is 3. The Kier molecular flexibility index (Phi) is 10.9. The van der Waals surface area contributed by atoms with Gasteiger partial charge in [0.2, 0.25) is 0 Å². The Morgan fingerprint density at radius 1 is 0.793 bits per heavy atom. The van der Waals surface area contributed by atoms with Crippen LogP contribution in [0.15, 0.2) is 46.9 Å². The minimum absolute atomic E-state index is 0.0252. The molecule has 0 aliphatic rings. The highest BCUT2D eigenvalue weighted by Crippen LogP contribution is 2.31. The van der Waals surface area contributed by atoms with Crippen LogP contribution in [0.25, 0.3) is 0 Å². The van der Waals surface area contributed by atoms with Gasteiger partial charge in [-0.3, -0.25) is 4.79 Å². The summed E-state index contributed by atoms with van der Waals surface area (Å²) in [6.07, 6.45) is 9.20. The predicted molar refractivity (Wildman–Crippen MR) is 123 cm³/mol. The molecule has 0 N–H and O–H groups in total. The summed E-state index contributed by atoms with van der Waals surface area (Å²) in [7, 11) is 0. The molecule has 3 nitrogen and oxygen atoms in total. The van der Waals surface area contributed by atoms with Crippen molar-refractivity contribution in [2.45, 2.75) is 65.2 Å². The van der Waals surface area contributed by atoms with Crippen LogP contribution in [0.3, 0.4) is 0 Å². The molecule has 0 amide bonds. The van der Waals surface area contributed by atoms with Gasteiger partial charge in [0.05, 0.1) is 13.2 Å². The number of ether oxygens (including phenoxy) is 2. The van der Waals surface area contributed by atoms with Crippen molar-refractivity contribution < 1.29 is 14.3 Å². The molecule has 0 aromatic heterocycles. The Bertz CT molecular complexity index is 757. The lowest BCUT2D eigenvalue weighted by Crippen LogP contribution is -2.06. The maximum absolute atomic E-state index is 13.0. The van der Waals surface area contributed by atoms with Crippen molar-refractivity contribution in [3.63, 3.8) is 0 Å². The second-order valence-corrected chi connectivity index (χ2v) is 8.14. The van der Waals surface area contributed by atoms with Gasteiger partial charge in [0, 0.05) is 15.6 Å². The van der Waals surface area contributed by atoms with Crippen molar-refractivity contribution in [2.75, 3.05) is 13.2 Å². The van der Waals surface area contributed by atoms with Crippen LogP contribution in [0.1, 0.15) is 81.1 Å². The van der Waals surface area contributed by atoms with Gasteiger partial charge in [0.15, 0.2) is 17.3 Å². The molecule has 158 valence electrons. The van der Waals surface area contributed by atoms with Crippen molar-refractivity contribution in [2.24, 2.45) is 0 Å². The van der Waals surface area contributed by atoms with Crippen LogP contribution < -0.4 is 9.47 Å². The molecule has 0 aliphatic heterocycles. The largest absolute Gasteiger partial charge is 0.490 e. The Morgan fingerprint density at radius 2 is 1.41 bits per heavy atom. The van der Waals surface area contributed by atoms with Gasteiger partial charge < -0.3 is 9.47 Å². The molecular formula is C25H33BrO3. The molecule has 0 bridgehead atoms. The summed E-state index contributed by atoms with van der Waals surface area (Å²) < 4.78 is 12.8. The van der Waals surface area contributed by atoms with E-state index in [1.807, 2.05) is 42.5 Å². The Labute approximate surface area is 183 Å². The molecule has 0 unspecified atom stereocenters. The van der Waals surface area contributed by atoms with Gasteiger partial charge in [-0.25, -0.2) is 0 Å². The molecule has 0 fully saturated rings. The average Bonchev–Trinajstić information content (AvgIpc) is 2.74. The van der Waals surface area contributed by atoms with Gasteiger partial charge in [-0.05, 0) is 43.2 Å². The van der Waals surface area contributed by atoms with Crippen molar-refractivity contribution in [3.8, 4) is 11.5 Å². The van der Waals surface area contributed by atoms with Gasteiger partial charge in [0.25, 0.3) is 0 Å². The fourth-order valence-corrected chi connectivity index (χ4v) is 3.57. The zero-order valence-corrected chi connectivity index (χ0v) is 19.3. The summed E-state index contributed by atoms with van der Waals surface area (Å²) in [6.45, 7) is 5.71. The maximum Gasteiger partial charge on any atom is 0.194 e. The van der Waals surface area contributed by atoms with Gasteiger partial charge >= 0.3 is 0 Å². The number of halogens is 1. The zero-order valence-electron chi connectivity index (χ0n) is 17.7. The van der Waals surface area contributed by atoms with Crippen LogP contribution in [-0.2, 0) is 0 Å². The third kappa shape index (κ3) is 7.85. The van der Waals surface area contributed by atoms with E-state index in [-0.39, 0.29) is 5.78 Å². The number of ketones is 1. The molecule has 0 saturated heterocycles. The average molecular weight is 461 g/mol. The molecule has 0 aliphatic carbocycles.